The Morgan fingerprint density at radius 3 is 2.58 bits per heavy atom. The number of nitrogens with one attached hydrogen (secondary N) is 1. The van der Waals surface area contributed by atoms with Crippen molar-refractivity contribution in [3.63, 3.8) is 0 Å². The lowest BCUT2D eigenvalue weighted by Crippen LogP contribution is -2.34. The lowest BCUT2D eigenvalue weighted by Gasteiger charge is -2.21. The zero-order valence-electron chi connectivity index (χ0n) is 12.9. The summed E-state index contributed by atoms with van der Waals surface area (Å²) in [5, 5.41) is 3.02. The van der Waals surface area contributed by atoms with Crippen LogP contribution in [0.3, 0.4) is 0 Å². The summed E-state index contributed by atoms with van der Waals surface area (Å²) < 4.78 is 70.2. The fraction of sp³-hybridized carbons (Fsp3) is 0.500. The van der Waals surface area contributed by atoms with Crippen LogP contribution in [0, 0.1) is 0 Å². The summed E-state index contributed by atoms with van der Waals surface area (Å²) in [6.07, 6.45) is -4.32. The molecule has 1 aromatic rings. The van der Waals surface area contributed by atoms with Gasteiger partial charge in [-0.2, -0.15) is 17.5 Å². The highest BCUT2D eigenvalue weighted by Gasteiger charge is 2.37. The van der Waals surface area contributed by atoms with Gasteiger partial charge in [0.05, 0.1) is 23.1 Å². The van der Waals surface area contributed by atoms with Gasteiger partial charge in [-0.1, -0.05) is 0 Å². The van der Waals surface area contributed by atoms with Crippen molar-refractivity contribution >= 4 is 16.0 Å². The van der Waals surface area contributed by atoms with Crippen LogP contribution in [0.15, 0.2) is 23.1 Å². The van der Waals surface area contributed by atoms with Crippen molar-refractivity contribution in [2.24, 2.45) is 0 Å². The van der Waals surface area contributed by atoms with E-state index in [-0.39, 0.29) is 13.1 Å². The van der Waals surface area contributed by atoms with Gasteiger partial charge in [0, 0.05) is 19.6 Å². The van der Waals surface area contributed by atoms with Crippen LogP contribution in [0.2, 0.25) is 0 Å². The van der Waals surface area contributed by atoms with Crippen LogP contribution in [-0.4, -0.2) is 52.0 Å². The summed E-state index contributed by atoms with van der Waals surface area (Å²) in [6, 6.07) is 2.31. The van der Waals surface area contributed by atoms with Gasteiger partial charge in [-0.05, 0) is 31.2 Å². The summed E-state index contributed by atoms with van der Waals surface area (Å²) >= 11 is 0. The van der Waals surface area contributed by atoms with Crippen molar-refractivity contribution in [1.29, 1.82) is 0 Å². The molecule has 1 aromatic carbocycles. The Kier molecular flexibility index (Phi) is 5.51. The maximum absolute atomic E-state index is 13.2. The number of carbonyl (C=O) groups excluding carboxylic acids is 1. The van der Waals surface area contributed by atoms with E-state index >= 15 is 0 Å². The molecular weight excluding hydrogens is 349 g/mol. The van der Waals surface area contributed by atoms with Crippen molar-refractivity contribution in [2.45, 2.75) is 17.5 Å². The maximum Gasteiger partial charge on any atom is 0.417 e. The summed E-state index contributed by atoms with van der Waals surface area (Å²) in [4.78, 5) is 11.0. The zero-order chi connectivity index (χ0) is 18.0. The second-order valence-corrected chi connectivity index (χ2v) is 7.14. The fourth-order valence-electron chi connectivity index (χ4n) is 2.42. The lowest BCUT2D eigenvalue weighted by molar-refractivity contribution is -0.138. The molecule has 0 bridgehead atoms. The van der Waals surface area contributed by atoms with Crippen LogP contribution in [0.4, 0.5) is 13.2 Å². The molecule has 1 aliphatic rings. The Balaban J connectivity index is 2.49. The first-order valence-electron chi connectivity index (χ1n) is 7.18. The van der Waals surface area contributed by atoms with Gasteiger partial charge in [0.2, 0.25) is 10.0 Å². The van der Waals surface area contributed by atoms with E-state index in [1.165, 1.54) is 0 Å². The minimum atomic E-state index is -4.88. The van der Waals surface area contributed by atoms with Crippen LogP contribution >= 0.6 is 0 Å². The molecule has 134 valence electrons. The average molecular weight is 366 g/mol. The molecule has 1 heterocycles. The molecule has 1 saturated heterocycles. The fourth-order valence-corrected chi connectivity index (χ4v) is 3.92. The van der Waals surface area contributed by atoms with Crippen LogP contribution < -0.4 is 5.32 Å². The third-order valence-corrected chi connectivity index (χ3v) is 5.53. The minimum Gasteiger partial charge on any atom is -0.465 e. The number of methoxy groups -OCH3 is 1. The van der Waals surface area contributed by atoms with E-state index in [0.717, 1.165) is 23.5 Å². The molecule has 0 aliphatic carbocycles. The van der Waals surface area contributed by atoms with E-state index < -0.39 is 38.2 Å². The molecule has 1 N–H and O–H groups in total. The van der Waals surface area contributed by atoms with Gasteiger partial charge < -0.3 is 10.1 Å². The second-order valence-electron chi connectivity index (χ2n) is 5.20. The Morgan fingerprint density at radius 2 is 1.96 bits per heavy atom. The Bertz CT molecular complexity index is 711. The first-order valence-corrected chi connectivity index (χ1v) is 8.62. The number of hydrogen-bond donors (Lipinski definition) is 1. The van der Waals surface area contributed by atoms with E-state index in [0.29, 0.717) is 25.6 Å². The van der Waals surface area contributed by atoms with Crippen molar-refractivity contribution in [2.75, 3.05) is 33.3 Å². The van der Waals surface area contributed by atoms with Gasteiger partial charge >= 0.3 is 12.1 Å². The minimum absolute atomic E-state index is 0.169. The van der Waals surface area contributed by atoms with Crippen molar-refractivity contribution < 1.29 is 31.1 Å². The van der Waals surface area contributed by atoms with Crippen molar-refractivity contribution in [3.8, 4) is 0 Å². The molecule has 1 fully saturated rings. The van der Waals surface area contributed by atoms with Crippen molar-refractivity contribution in [3.05, 3.63) is 29.3 Å². The molecule has 0 atom stereocenters. The van der Waals surface area contributed by atoms with E-state index in [2.05, 4.69) is 10.1 Å². The number of hydrogen-bond acceptors (Lipinski definition) is 5. The molecule has 0 saturated carbocycles. The van der Waals surface area contributed by atoms with Crippen LogP contribution in [0.5, 0.6) is 0 Å². The predicted octanol–water partition coefficient (Wildman–Crippen LogP) is 1.48. The molecule has 0 radical (unpaired) electrons. The number of sulfonamides is 1. The van der Waals surface area contributed by atoms with Gasteiger partial charge in [-0.25, -0.2) is 13.2 Å². The third-order valence-electron chi connectivity index (χ3n) is 3.64. The van der Waals surface area contributed by atoms with E-state index in [9.17, 15) is 26.4 Å². The number of alkyl halides is 3. The second kappa shape index (κ2) is 7.08. The predicted molar refractivity (Wildman–Crippen MR) is 79.0 cm³/mol. The van der Waals surface area contributed by atoms with Crippen molar-refractivity contribution in [1.82, 2.24) is 9.62 Å². The lowest BCUT2D eigenvalue weighted by atomic mass is 10.1. The molecule has 10 heteroatoms. The normalized spacial score (nSPS) is 17.3. The molecule has 1 aliphatic heterocycles. The number of nitrogens with zero attached hydrogens (tertiary/aromatic N) is 1. The third kappa shape index (κ3) is 3.87. The van der Waals surface area contributed by atoms with E-state index in [4.69, 9.17) is 0 Å². The molecule has 24 heavy (non-hydrogen) atoms. The largest absolute Gasteiger partial charge is 0.465 e. The molecular formula is C14H17F3N2O4S. The first-order chi connectivity index (χ1) is 11.2. The van der Waals surface area contributed by atoms with E-state index in [1.54, 1.807) is 0 Å². The molecule has 0 spiro atoms. The molecule has 6 nitrogen and oxygen atoms in total. The van der Waals surface area contributed by atoms with Crippen LogP contribution in [0.25, 0.3) is 0 Å². The van der Waals surface area contributed by atoms with Gasteiger partial charge in [-0.15, -0.1) is 0 Å². The quantitative estimate of drug-likeness (QED) is 0.820. The zero-order valence-corrected chi connectivity index (χ0v) is 13.7. The van der Waals surface area contributed by atoms with Crippen LogP contribution in [0.1, 0.15) is 22.3 Å². The maximum atomic E-state index is 13.2. The Hall–Kier alpha value is -1.65. The van der Waals surface area contributed by atoms with Gasteiger partial charge in [0.25, 0.3) is 0 Å². The molecule has 2 rings (SSSR count). The number of ether oxygens (including phenoxy) is 1. The Labute approximate surface area is 137 Å². The standard InChI is InChI=1S/C14H17F3N2O4S/c1-23-13(20)11-4-3-10(9-12(11)14(15,16)17)24(21,22)19-7-2-5-18-6-8-19/h3-4,9,18H,2,5-8H2,1H3. The average Bonchev–Trinajstić information content (AvgIpc) is 2.82. The monoisotopic (exact) mass is 366 g/mol. The smallest absolute Gasteiger partial charge is 0.417 e. The first kappa shape index (κ1) is 18.7. The molecule has 0 unspecified atom stereocenters. The number of halogens is 3. The summed E-state index contributed by atoms with van der Waals surface area (Å²) in [7, 11) is -3.12. The number of esters is 1. The highest BCUT2D eigenvalue weighted by atomic mass is 32.2. The Morgan fingerprint density at radius 1 is 1.25 bits per heavy atom. The molecule has 0 aromatic heterocycles. The SMILES string of the molecule is COC(=O)c1ccc(S(=O)(=O)N2CCCNCC2)cc1C(F)(F)F. The van der Waals surface area contributed by atoms with Crippen LogP contribution in [-0.2, 0) is 20.9 Å². The van der Waals surface area contributed by atoms with Gasteiger partial charge in [-0.3, -0.25) is 0 Å². The summed E-state index contributed by atoms with van der Waals surface area (Å²) in [6.45, 7) is 1.45. The van der Waals surface area contributed by atoms with E-state index in [1.807, 2.05) is 0 Å². The number of carbonyl (C=O) groups is 1. The summed E-state index contributed by atoms with van der Waals surface area (Å²) in [5.74, 6) is -1.18. The topological polar surface area (TPSA) is 75.7 Å². The number of rotatable bonds is 3. The highest BCUT2D eigenvalue weighted by molar-refractivity contribution is 7.89. The summed E-state index contributed by atoms with van der Waals surface area (Å²) in [5.41, 5.74) is -2.05. The highest BCUT2D eigenvalue weighted by Crippen LogP contribution is 2.34. The van der Waals surface area contributed by atoms with Gasteiger partial charge in [0.1, 0.15) is 0 Å². The molecule has 0 amide bonds. The number of benzene rings is 1. The van der Waals surface area contributed by atoms with Gasteiger partial charge in [0.15, 0.2) is 0 Å².